The van der Waals surface area contributed by atoms with Gasteiger partial charge in [-0.25, -0.2) is 4.79 Å². The lowest BCUT2D eigenvalue weighted by Gasteiger charge is -2.34. The van der Waals surface area contributed by atoms with E-state index >= 15 is 0 Å². The van der Waals surface area contributed by atoms with Gasteiger partial charge in [-0.1, -0.05) is 6.07 Å². The topological polar surface area (TPSA) is 65.0 Å². The lowest BCUT2D eigenvalue weighted by atomic mass is 10.1. The Labute approximate surface area is 177 Å². The van der Waals surface area contributed by atoms with Crippen molar-refractivity contribution in [2.45, 2.75) is 50.3 Å². The van der Waals surface area contributed by atoms with Crippen LogP contribution >= 0.6 is 0 Å². The summed E-state index contributed by atoms with van der Waals surface area (Å²) in [6.07, 6.45) is 6.87. The molecular formula is C23H31N3O4. The zero-order chi connectivity index (χ0) is 20.3. The van der Waals surface area contributed by atoms with Gasteiger partial charge >= 0.3 is 6.03 Å². The molecule has 1 N–H and O–H groups in total. The van der Waals surface area contributed by atoms with Crippen molar-refractivity contribution in [2.24, 2.45) is 0 Å². The van der Waals surface area contributed by atoms with Gasteiger partial charge in [-0.3, -0.25) is 0 Å². The predicted molar refractivity (Wildman–Crippen MR) is 114 cm³/mol. The highest BCUT2D eigenvalue weighted by Gasteiger charge is 2.27. The number of likely N-dealkylation sites (tertiary alicyclic amines) is 1. The summed E-state index contributed by atoms with van der Waals surface area (Å²) in [4.78, 5) is 14.5. The summed E-state index contributed by atoms with van der Waals surface area (Å²) in [7, 11) is 0. The first-order valence-electron chi connectivity index (χ1n) is 11.2. The van der Waals surface area contributed by atoms with Gasteiger partial charge < -0.3 is 29.0 Å². The predicted octanol–water partition coefficient (Wildman–Crippen LogP) is 3.33. The van der Waals surface area contributed by atoms with Crippen molar-refractivity contribution in [3.8, 4) is 5.75 Å². The molecule has 0 spiro atoms. The van der Waals surface area contributed by atoms with Gasteiger partial charge in [-0.15, -0.1) is 0 Å². The van der Waals surface area contributed by atoms with Crippen LogP contribution in [0.2, 0.25) is 0 Å². The van der Waals surface area contributed by atoms with Crippen LogP contribution < -0.4 is 10.1 Å². The van der Waals surface area contributed by atoms with E-state index in [1.165, 1.54) is 5.52 Å². The van der Waals surface area contributed by atoms with E-state index in [-0.39, 0.29) is 18.2 Å². The quantitative estimate of drug-likeness (QED) is 0.835. The molecule has 0 bridgehead atoms. The van der Waals surface area contributed by atoms with Gasteiger partial charge in [-0.2, -0.15) is 0 Å². The standard InChI is InChI=1S/C23H31N3O4/c27-23(24-17-7-13-28-14-8-17)25-10-4-19(5-11-25)30-22-3-1-2-21-20(22)6-12-26(21)18-9-15-29-16-18/h1-3,6,12,17-19H,4-5,7-11,13-16H2,(H,24,27). The number of carbonyl (C=O) groups excluding carboxylic acids is 1. The molecule has 1 aromatic carbocycles. The van der Waals surface area contributed by atoms with Crippen LogP contribution in [0.5, 0.6) is 5.75 Å². The summed E-state index contributed by atoms with van der Waals surface area (Å²) in [5, 5.41) is 4.32. The fourth-order valence-electron chi connectivity index (χ4n) is 4.79. The summed E-state index contributed by atoms with van der Waals surface area (Å²) in [5.41, 5.74) is 1.20. The Morgan fingerprint density at radius 2 is 1.80 bits per heavy atom. The number of amides is 2. The van der Waals surface area contributed by atoms with Crippen LogP contribution in [-0.2, 0) is 9.47 Å². The zero-order valence-electron chi connectivity index (χ0n) is 17.4. The number of benzene rings is 1. The van der Waals surface area contributed by atoms with Crippen molar-refractivity contribution in [3.05, 3.63) is 30.5 Å². The van der Waals surface area contributed by atoms with Crippen molar-refractivity contribution in [1.82, 2.24) is 14.8 Å². The first-order chi connectivity index (χ1) is 14.8. The number of fused-ring (bicyclic) bond motifs is 1. The minimum Gasteiger partial charge on any atom is -0.490 e. The van der Waals surface area contributed by atoms with Crippen LogP contribution in [0.25, 0.3) is 10.9 Å². The van der Waals surface area contributed by atoms with Crippen molar-refractivity contribution in [3.63, 3.8) is 0 Å². The van der Waals surface area contributed by atoms with Crippen LogP contribution in [0, 0.1) is 0 Å². The number of ether oxygens (including phenoxy) is 3. The normalized spacial score (nSPS) is 23.7. The monoisotopic (exact) mass is 413 g/mol. The number of nitrogens with one attached hydrogen (secondary N) is 1. The van der Waals surface area contributed by atoms with Gasteiger partial charge in [0.15, 0.2) is 0 Å². The second-order valence-electron chi connectivity index (χ2n) is 8.57. The fraction of sp³-hybridized carbons (Fsp3) is 0.609. The molecule has 1 aromatic heterocycles. The molecular weight excluding hydrogens is 382 g/mol. The van der Waals surface area contributed by atoms with E-state index in [4.69, 9.17) is 14.2 Å². The molecule has 0 aliphatic carbocycles. The second kappa shape index (κ2) is 8.86. The molecule has 7 heteroatoms. The second-order valence-corrected chi connectivity index (χ2v) is 8.57. The summed E-state index contributed by atoms with van der Waals surface area (Å²) in [6.45, 7) is 4.56. The Kier molecular flexibility index (Phi) is 5.82. The zero-order valence-corrected chi connectivity index (χ0v) is 17.4. The summed E-state index contributed by atoms with van der Waals surface area (Å²) >= 11 is 0. The first-order valence-corrected chi connectivity index (χ1v) is 11.2. The van der Waals surface area contributed by atoms with Gasteiger partial charge in [0.05, 0.1) is 18.2 Å². The SMILES string of the molecule is O=C(NC1CCOCC1)N1CCC(Oc2cccc3c2ccn3C2CCOC2)CC1. The van der Waals surface area contributed by atoms with Crippen molar-refractivity contribution in [2.75, 3.05) is 39.5 Å². The molecule has 1 unspecified atom stereocenters. The Bertz CT molecular complexity index is 862. The number of aromatic nitrogens is 1. The summed E-state index contributed by atoms with van der Waals surface area (Å²) in [5.74, 6) is 0.940. The Morgan fingerprint density at radius 1 is 1.00 bits per heavy atom. The third-order valence-electron chi connectivity index (χ3n) is 6.59. The van der Waals surface area contributed by atoms with Gasteiger partial charge in [0.2, 0.25) is 0 Å². The molecule has 2 aromatic rings. The number of nitrogens with zero attached hydrogens (tertiary/aromatic N) is 2. The molecule has 0 radical (unpaired) electrons. The Hall–Kier alpha value is -2.25. The van der Waals surface area contributed by atoms with E-state index in [1.54, 1.807) is 0 Å². The third-order valence-corrected chi connectivity index (χ3v) is 6.59. The number of hydrogen-bond donors (Lipinski definition) is 1. The highest BCUT2D eigenvalue weighted by atomic mass is 16.5. The van der Waals surface area contributed by atoms with Crippen LogP contribution in [0.15, 0.2) is 30.5 Å². The van der Waals surface area contributed by atoms with E-state index in [1.807, 2.05) is 4.90 Å². The molecule has 30 heavy (non-hydrogen) atoms. The third kappa shape index (κ3) is 4.14. The highest BCUT2D eigenvalue weighted by Crippen LogP contribution is 2.32. The van der Waals surface area contributed by atoms with E-state index in [2.05, 4.69) is 40.3 Å². The maximum Gasteiger partial charge on any atom is 0.317 e. The van der Waals surface area contributed by atoms with E-state index < -0.39 is 0 Å². The number of urea groups is 1. The Balaban J connectivity index is 1.18. The minimum absolute atomic E-state index is 0.0540. The smallest absolute Gasteiger partial charge is 0.317 e. The first kappa shape index (κ1) is 19.7. The van der Waals surface area contributed by atoms with E-state index in [0.29, 0.717) is 6.04 Å². The Morgan fingerprint density at radius 3 is 2.57 bits per heavy atom. The average molecular weight is 414 g/mol. The van der Waals surface area contributed by atoms with Crippen LogP contribution in [-0.4, -0.2) is 67.2 Å². The highest BCUT2D eigenvalue weighted by molar-refractivity contribution is 5.86. The molecule has 3 aliphatic rings. The van der Waals surface area contributed by atoms with E-state index in [0.717, 1.165) is 82.8 Å². The van der Waals surface area contributed by atoms with Crippen LogP contribution in [0.3, 0.4) is 0 Å². The molecule has 3 aliphatic heterocycles. The fourth-order valence-corrected chi connectivity index (χ4v) is 4.79. The number of carbonyl (C=O) groups is 1. The summed E-state index contributed by atoms with van der Waals surface area (Å²) < 4.78 is 19.7. The lowest BCUT2D eigenvalue weighted by Crippen LogP contribution is -2.50. The molecule has 3 saturated heterocycles. The van der Waals surface area contributed by atoms with Crippen molar-refractivity contribution >= 4 is 16.9 Å². The largest absolute Gasteiger partial charge is 0.490 e. The van der Waals surface area contributed by atoms with Crippen molar-refractivity contribution < 1.29 is 19.0 Å². The average Bonchev–Trinajstić information content (AvgIpc) is 3.45. The molecule has 4 heterocycles. The molecule has 0 saturated carbocycles. The van der Waals surface area contributed by atoms with Gasteiger partial charge in [0, 0.05) is 63.4 Å². The van der Waals surface area contributed by atoms with Gasteiger partial charge in [-0.05, 0) is 37.5 Å². The molecule has 2 amide bonds. The van der Waals surface area contributed by atoms with Gasteiger partial charge in [0.1, 0.15) is 11.9 Å². The minimum atomic E-state index is 0.0540. The number of hydrogen-bond acceptors (Lipinski definition) is 4. The van der Waals surface area contributed by atoms with Crippen molar-refractivity contribution in [1.29, 1.82) is 0 Å². The molecule has 5 rings (SSSR count). The van der Waals surface area contributed by atoms with Crippen LogP contribution in [0.4, 0.5) is 4.79 Å². The molecule has 162 valence electrons. The lowest BCUT2D eigenvalue weighted by molar-refractivity contribution is 0.0748. The number of piperidine rings is 1. The maximum absolute atomic E-state index is 12.6. The molecule has 3 fully saturated rings. The van der Waals surface area contributed by atoms with Crippen LogP contribution in [0.1, 0.15) is 38.1 Å². The maximum atomic E-state index is 12.6. The summed E-state index contributed by atoms with van der Waals surface area (Å²) in [6, 6.07) is 9.15. The van der Waals surface area contributed by atoms with E-state index in [9.17, 15) is 4.79 Å². The molecule has 7 nitrogen and oxygen atoms in total. The molecule has 1 atom stereocenters. The number of rotatable bonds is 4. The van der Waals surface area contributed by atoms with Gasteiger partial charge in [0.25, 0.3) is 0 Å².